The third-order valence-electron chi connectivity index (χ3n) is 5.91. The summed E-state index contributed by atoms with van der Waals surface area (Å²) in [6.45, 7) is 4.05. The lowest BCUT2D eigenvalue weighted by Gasteiger charge is -2.32. The maximum absolute atomic E-state index is 13.9. The van der Waals surface area contributed by atoms with E-state index >= 15 is 0 Å². The Bertz CT molecular complexity index is 1500. The van der Waals surface area contributed by atoms with Crippen LogP contribution in [0.15, 0.2) is 58.7 Å². The van der Waals surface area contributed by atoms with Crippen LogP contribution in [-0.4, -0.2) is 15.3 Å². The Balaban J connectivity index is 1.74. The van der Waals surface area contributed by atoms with Gasteiger partial charge >= 0.3 is 0 Å². The summed E-state index contributed by atoms with van der Waals surface area (Å²) in [6, 6.07) is 14.0. The maximum Gasteiger partial charge on any atom is 0.265 e. The highest BCUT2D eigenvalue weighted by Gasteiger charge is 2.35. The first-order valence-corrected chi connectivity index (χ1v) is 12.6. The van der Waals surface area contributed by atoms with Gasteiger partial charge in [0, 0.05) is 38.7 Å². The second kappa shape index (κ2) is 8.65. The van der Waals surface area contributed by atoms with Crippen LogP contribution < -0.4 is 5.56 Å². The molecule has 172 valence electrons. The summed E-state index contributed by atoms with van der Waals surface area (Å²) in [6.07, 6.45) is 0.969. The van der Waals surface area contributed by atoms with Crippen LogP contribution in [0.5, 0.6) is 0 Å². The summed E-state index contributed by atoms with van der Waals surface area (Å²) >= 11 is 20.0. The summed E-state index contributed by atoms with van der Waals surface area (Å²) in [5, 5.41) is 3.87. The highest BCUT2D eigenvalue weighted by atomic mass is 35.5. The second-order valence-corrected chi connectivity index (χ2v) is 11.3. The van der Waals surface area contributed by atoms with Crippen molar-refractivity contribution in [1.82, 2.24) is 9.55 Å². The van der Waals surface area contributed by atoms with Crippen LogP contribution in [0.4, 0.5) is 0 Å². The third-order valence-corrected chi connectivity index (χ3v) is 7.58. The van der Waals surface area contributed by atoms with Gasteiger partial charge in [0.05, 0.1) is 22.0 Å². The largest absolute Gasteiger partial charge is 0.294 e. The average molecular weight is 530 g/mol. The first kappa shape index (κ1) is 23.3. The smallest absolute Gasteiger partial charge is 0.265 e. The molecule has 0 atom stereocenters. The number of ketones is 1. The van der Waals surface area contributed by atoms with Crippen molar-refractivity contribution in [3.8, 4) is 27.5 Å². The lowest BCUT2D eigenvalue weighted by atomic mass is 9.75. The minimum atomic E-state index is -0.276. The number of Topliss-reactive ketones (excluding diaryl/α,β-unsaturated/α-hetero) is 1. The highest BCUT2D eigenvalue weighted by molar-refractivity contribution is 7.13. The predicted octanol–water partition coefficient (Wildman–Crippen LogP) is 7.74. The van der Waals surface area contributed by atoms with Crippen molar-refractivity contribution in [2.75, 3.05) is 0 Å². The van der Waals surface area contributed by atoms with E-state index in [-0.39, 0.29) is 16.8 Å². The van der Waals surface area contributed by atoms with Gasteiger partial charge in [-0.15, -0.1) is 11.3 Å². The van der Waals surface area contributed by atoms with Gasteiger partial charge in [0.1, 0.15) is 5.01 Å². The number of carbonyl (C=O) groups is 1. The minimum Gasteiger partial charge on any atom is -0.294 e. The number of hydrogen-bond donors (Lipinski definition) is 0. The molecule has 0 saturated heterocycles. The lowest BCUT2D eigenvalue weighted by Crippen LogP contribution is -2.35. The van der Waals surface area contributed by atoms with Crippen LogP contribution in [0.25, 0.3) is 27.5 Å². The van der Waals surface area contributed by atoms with Gasteiger partial charge in [-0.25, -0.2) is 4.98 Å². The summed E-state index contributed by atoms with van der Waals surface area (Å²) in [7, 11) is 0. The Hall–Kier alpha value is -2.44. The van der Waals surface area contributed by atoms with Crippen molar-refractivity contribution in [3.05, 3.63) is 90.6 Å². The Morgan fingerprint density at radius 1 is 0.912 bits per heavy atom. The molecule has 0 N–H and O–H groups in total. The number of rotatable bonds is 3. The fraction of sp³-hybridized carbons (Fsp3) is 0.192. The van der Waals surface area contributed by atoms with E-state index in [4.69, 9.17) is 39.8 Å². The molecule has 0 fully saturated rings. The molecule has 2 aromatic heterocycles. The van der Waals surface area contributed by atoms with Crippen molar-refractivity contribution in [2.45, 2.75) is 26.7 Å². The number of pyridine rings is 1. The van der Waals surface area contributed by atoms with Gasteiger partial charge in [0.2, 0.25) is 0 Å². The summed E-state index contributed by atoms with van der Waals surface area (Å²) in [4.78, 5) is 31.8. The molecule has 8 heteroatoms. The number of aromatic nitrogens is 2. The molecule has 2 aromatic carbocycles. The van der Waals surface area contributed by atoms with Gasteiger partial charge in [0.15, 0.2) is 5.78 Å². The Morgan fingerprint density at radius 2 is 1.62 bits per heavy atom. The zero-order valence-corrected chi connectivity index (χ0v) is 21.4. The molecule has 2 heterocycles. The molecule has 0 amide bonds. The van der Waals surface area contributed by atoms with Crippen molar-refractivity contribution < 1.29 is 4.79 Å². The van der Waals surface area contributed by atoms with Crippen molar-refractivity contribution >= 4 is 51.9 Å². The van der Waals surface area contributed by atoms with Gasteiger partial charge in [-0.3, -0.25) is 14.2 Å². The highest BCUT2D eigenvalue weighted by Crippen LogP contribution is 2.38. The number of nitrogens with zero attached hydrogens (tertiary/aromatic N) is 2. The zero-order chi connectivity index (χ0) is 24.2. The fourth-order valence-corrected chi connectivity index (χ4v) is 5.79. The van der Waals surface area contributed by atoms with E-state index in [1.54, 1.807) is 41.0 Å². The quantitative estimate of drug-likeness (QED) is 0.273. The van der Waals surface area contributed by atoms with Crippen LogP contribution in [0.1, 0.15) is 36.3 Å². The monoisotopic (exact) mass is 528 g/mol. The van der Waals surface area contributed by atoms with E-state index in [0.29, 0.717) is 55.4 Å². The van der Waals surface area contributed by atoms with E-state index < -0.39 is 0 Å². The minimum absolute atomic E-state index is 0.000756. The van der Waals surface area contributed by atoms with E-state index in [0.717, 1.165) is 11.3 Å². The molecule has 0 bridgehead atoms. The molecule has 1 aliphatic carbocycles. The van der Waals surface area contributed by atoms with E-state index in [9.17, 15) is 9.59 Å². The molecular formula is C26H19Cl3N2O2S. The molecule has 0 radical (unpaired) electrons. The van der Waals surface area contributed by atoms with Gasteiger partial charge < -0.3 is 0 Å². The van der Waals surface area contributed by atoms with Crippen LogP contribution in [0.2, 0.25) is 15.1 Å². The zero-order valence-electron chi connectivity index (χ0n) is 18.4. The topological polar surface area (TPSA) is 52.0 Å². The Labute approximate surface area is 215 Å². The van der Waals surface area contributed by atoms with E-state index in [1.807, 2.05) is 31.4 Å². The van der Waals surface area contributed by atoms with Gasteiger partial charge in [-0.1, -0.05) is 60.8 Å². The summed E-state index contributed by atoms with van der Waals surface area (Å²) < 4.78 is 1.56. The number of benzene rings is 2. The molecular weight excluding hydrogens is 511 g/mol. The van der Waals surface area contributed by atoms with Crippen LogP contribution >= 0.6 is 46.1 Å². The standard InChI is InChI=1S/C26H19Cl3N2O2S/c1-26(2)11-22-17(23(32)12-26)10-18(25(33)31(22)21-8-7-16(28)9-19(21)29)24-30-20(13-34-24)14-3-5-15(27)6-4-14/h3-10,13H,11-12H2,1-2H3. The van der Waals surface area contributed by atoms with Crippen LogP contribution in [0.3, 0.4) is 0 Å². The Kier molecular flexibility index (Phi) is 5.93. The van der Waals surface area contributed by atoms with Crippen molar-refractivity contribution in [3.63, 3.8) is 0 Å². The van der Waals surface area contributed by atoms with E-state index in [1.165, 1.54) is 11.3 Å². The molecule has 0 saturated carbocycles. The SMILES string of the molecule is CC1(C)CC(=O)c2cc(-c3nc(-c4ccc(Cl)cc4)cs3)c(=O)n(-c3ccc(Cl)cc3Cl)c2C1. The normalized spacial score (nSPS) is 14.8. The Morgan fingerprint density at radius 3 is 2.32 bits per heavy atom. The molecule has 1 aliphatic rings. The third kappa shape index (κ3) is 4.22. The molecule has 4 aromatic rings. The molecule has 0 unspecified atom stereocenters. The number of halogens is 3. The van der Waals surface area contributed by atoms with Gasteiger partial charge in [0.25, 0.3) is 5.56 Å². The molecule has 0 spiro atoms. The van der Waals surface area contributed by atoms with Crippen LogP contribution in [0, 0.1) is 5.41 Å². The first-order valence-electron chi connectivity index (χ1n) is 10.6. The number of hydrogen-bond acceptors (Lipinski definition) is 4. The van der Waals surface area contributed by atoms with Crippen molar-refractivity contribution in [1.29, 1.82) is 0 Å². The predicted molar refractivity (Wildman–Crippen MR) is 140 cm³/mol. The number of fused-ring (bicyclic) bond motifs is 1. The number of carbonyl (C=O) groups excluding carboxylic acids is 1. The van der Waals surface area contributed by atoms with Gasteiger partial charge in [-0.05, 0) is 48.2 Å². The maximum atomic E-state index is 13.9. The average Bonchev–Trinajstić information content (AvgIpc) is 3.24. The fourth-order valence-electron chi connectivity index (χ4n) is 4.34. The van der Waals surface area contributed by atoms with Gasteiger partial charge in [-0.2, -0.15) is 0 Å². The summed E-state index contributed by atoms with van der Waals surface area (Å²) in [5.74, 6) is 0.000756. The lowest BCUT2D eigenvalue weighted by molar-refractivity contribution is 0.0909. The van der Waals surface area contributed by atoms with Crippen LogP contribution in [-0.2, 0) is 6.42 Å². The summed E-state index contributed by atoms with van der Waals surface area (Å²) in [5.41, 5.74) is 3.13. The first-order chi connectivity index (χ1) is 16.1. The second-order valence-electron chi connectivity index (χ2n) is 9.14. The van der Waals surface area contributed by atoms with Crippen molar-refractivity contribution in [2.24, 2.45) is 5.41 Å². The number of thiazole rings is 1. The molecule has 34 heavy (non-hydrogen) atoms. The van der Waals surface area contributed by atoms with E-state index in [2.05, 4.69) is 0 Å². The molecule has 0 aliphatic heterocycles. The molecule has 5 rings (SSSR count). The molecule has 4 nitrogen and oxygen atoms in total.